The van der Waals surface area contributed by atoms with Gasteiger partial charge >= 0.3 is 6.03 Å². The molecule has 2 aromatic rings. The van der Waals surface area contributed by atoms with Crippen molar-refractivity contribution in [2.24, 2.45) is 0 Å². The number of amides is 2. The van der Waals surface area contributed by atoms with Crippen molar-refractivity contribution in [1.29, 1.82) is 0 Å². The fourth-order valence-corrected chi connectivity index (χ4v) is 3.63. The van der Waals surface area contributed by atoms with Crippen molar-refractivity contribution >= 4 is 33.0 Å². The summed E-state index contributed by atoms with van der Waals surface area (Å²) in [6, 6.07) is 4.35. The van der Waals surface area contributed by atoms with E-state index in [2.05, 4.69) is 37.3 Å². The van der Waals surface area contributed by atoms with Crippen LogP contribution in [-0.2, 0) is 17.7 Å². The number of carbonyl (C=O) groups is 1. The SMILES string of the molecule is O=C(NC1CCOCC1)N1CCc2nc3ncc(Br)cc3cc2C1. The van der Waals surface area contributed by atoms with Crippen molar-refractivity contribution in [2.75, 3.05) is 19.8 Å². The first-order valence-corrected chi connectivity index (χ1v) is 9.05. The van der Waals surface area contributed by atoms with Crippen molar-refractivity contribution in [3.63, 3.8) is 0 Å². The zero-order valence-electron chi connectivity index (χ0n) is 13.3. The van der Waals surface area contributed by atoms with Crippen molar-refractivity contribution in [2.45, 2.75) is 31.8 Å². The molecule has 2 aromatic heterocycles. The van der Waals surface area contributed by atoms with Gasteiger partial charge in [0.2, 0.25) is 0 Å². The Bertz CT molecular complexity index is 777. The summed E-state index contributed by atoms with van der Waals surface area (Å²) in [7, 11) is 0. The Labute approximate surface area is 148 Å². The van der Waals surface area contributed by atoms with Crippen LogP contribution < -0.4 is 5.32 Å². The number of urea groups is 1. The van der Waals surface area contributed by atoms with Gasteiger partial charge in [-0.25, -0.2) is 14.8 Å². The van der Waals surface area contributed by atoms with Gasteiger partial charge in [0.05, 0.1) is 0 Å². The maximum atomic E-state index is 12.5. The fraction of sp³-hybridized carbons (Fsp3) is 0.471. The van der Waals surface area contributed by atoms with Gasteiger partial charge in [-0.2, -0.15) is 0 Å². The predicted octanol–water partition coefficient (Wildman–Crippen LogP) is 2.64. The minimum absolute atomic E-state index is 0.0139. The third-order valence-electron chi connectivity index (χ3n) is 4.62. The molecule has 0 atom stereocenters. The maximum Gasteiger partial charge on any atom is 0.317 e. The second-order valence-corrected chi connectivity index (χ2v) is 7.22. The first-order valence-electron chi connectivity index (χ1n) is 8.26. The molecule has 1 fully saturated rings. The van der Waals surface area contributed by atoms with Crippen LogP contribution in [0.4, 0.5) is 4.79 Å². The van der Waals surface area contributed by atoms with E-state index in [4.69, 9.17) is 4.74 Å². The van der Waals surface area contributed by atoms with Crippen LogP contribution >= 0.6 is 15.9 Å². The lowest BCUT2D eigenvalue weighted by Gasteiger charge is -2.31. The Kier molecular flexibility index (Phi) is 4.37. The predicted molar refractivity (Wildman–Crippen MR) is 93.7 cm³/mol. The van der Waals surface area contributed by atoms with E-state index < -0.39 is 0 Å². The van der Waals surface area contributed by atoms with Crippen molar-refractivity contribution < 1.29 is 9.53 Å². The third kappa shape index (κ3) is 3.23. The normalized spacial score (nSPS) is 18.5. The number of carbonyl (C=O) groups excluding carboxylic acids is 1. The minimum Gasteiger partial charge on any atom is -0.381 e. The number of aromatic nitrogens is 2. The average molecular weight is 391 g/mol. The molecule has 7 heteroatoms. The van der Waals surface area contributed by atoms with Crippen LogP contribution in [0.3, 0.4) is 0 Å². The Morgan fingerprint density at radius 3 is 3.00 bits per heavy atom. The fourth-order valence-electron chi connectivity index (χ4n) is 3.28. The minimum atomic E-state index is 0.0139. The lowest BCUT2D eigenvalue weighted by molar-refractivity contribution is 0.0778. The van der Waals surface area contributed by atoms with E-state index in [1.54, 1.807) is 6.20 Å². The number of fused-ring (bicyclic) bond motifs is 2. The van der Waals surface area contributed by atoms with E-state index >= 15 is 0 Å². The lowest BCUT2D eigenvalue weighted by Crippen LogP contribution is -2.48. The Balaban J connectivity index is 1.51. The highest BCUT2D eigenvalue weighted by Gasteiger charge is 2.24. The summed E-state index contributed by atoms with van der Waals surface area (Å²) in [5, 5.41) is 4.13. The van der Waals surface area contributed by atoms with E-state index in [-0.39, 0.29) is 12.1 Å². The molecule has 6 nitrogen and oxygen atoms in total. The molecule has 1 N–H and O–H groups in total. The number of nitrogens with zero attached hydrogens (tertiary/aromatic N) is 3. The smallest absolute Gasteiger partial charge is 0.317 e. The highest BCUT2D eigenvalue weighted by Crippen LogP contribution is 2.23. The summed E-state index contributed by atoms with van der Waals surface area (Å²) in [5.74, 6) is 0. The lowest BCUT2D eigenvalue weighted by atomic mass is 10.0. The van der Waals surface area contributed by atoms with Gasteiger partial charge in [-0.3, -0.25) is 0 Å². The third-order valence-corrected chi connectivity index (χ3v) is 5.05. The van der Waals surface area contributed by atoms with E-state index in [9.17, 15) is 4.79 Å². The van der Waals surface area contributed by atoms with Crippen LogP contribution in [0, 0.1) is 0 Å². The molecule has 0 saturated carbocycles. The van der Waals surface area contributed by atoms with Crippen molar-refractivity contribution in [3.8, 4) is 0 Å². The molecule has 2 amide bonds. The van der Waals surface area contributed by atoms with Crippen LogP contribution in [0.2, 0.25) is 0 Å². The molecule has 0 aliphatic carbocycles. The molecule has 0 aromatic carbocycles. The van der Waals surface area contributed by atoms with Gasteiger partial charge in [0.25, 0.3) is 0 Å². The number of ether oxygens (including phenoxy) is 1. The number of rotatable bonds is 1. The number of pyridine rings is 2. The number of hydrogen-bond acceptors (Lipinski definition) is 4. The molecule has 0 radical (unpaired) electrons. The quantitative estimate of drug-likeness (QED) is 0.812. The van der Waals surface area contributed by atoms with Crippen molar-refractivity contribution in [3.05, 3.63) is 34.1 Å². The van der Waals surface area contributed by atoms with Gasteiger partial charge in [-0.15, -0.1) is 0 Å². The topological polar surface area (TPSA) is 67.3 Å². The molecule has 1 saturated heterocycles. The zero-order chi connectivity index (χ0) is 16.5. The van der Waals surface area contributed by atoms with Crippen LogP contribution in [0.25, 0.3) is 11.0 Å². The molecule has 4 rings (SSSR count). The van der Waals surface area contributed by atoms with Crippen molar-refractivity contribution in [1.82, 2.24) is 20.2 Å². The molecule has 2 aliphatic rings. The monoisotopic (exact) mass is 390 g/mol. The van der Waals surface area contributed by atoms with Crippen LogP contribution in [-0.4, -0.2) is 46.7 Å². The number of nitrogens with one attached hydrogen (secondary N) is 1. The summed E-state index contributed by atoms with van der Waals surface area (Å²) < 4.78 is 6.27. The van der Waals surface area contributed by atoms with Crippen LogP contribution in [0.5, 0.6) is 0 Å². The molecule has 0 spiro atoms. The average Bonchev–Trinajstić information content (AvgIpc) is 2.60. The Morgan fingerprint density at radius 2 is 2.17 bits per heavy atom. The summed E-state index contributed by atoms with van der Waals surface area (Å²) in [5.41, 5.74) is 2.92. The van der Waals surface area contributed by atoms with Gasteiger partial charge < -0.3 is 15.0 Å². The second kappa shape index (κ2) is 6.64. The van der Waals surface area contributed by atoms with Gasteiger partial charge in [0.15, 0.2) is 5.65 Å². The number of hydrogen-bond donors (Lipinski definition) is 1. The molecular formula is C17H19BrN4O2. The van der Waals surface area contributed by atoms with Gasteiger partial charge in [-0.05, 0) is 46.5 Å². The molecule has 0 unspecified atom stereocenters. The van der Waals surface area contributed by atoms with Gasteiger partial charge in [0.1, 0.15) is 0 Å². The molecular weight excluding hydrogens is 372 g/mol. The van der Waals surface area contributed by atoms with Crippen LogP contribution in [0.15, 0.2) is 22.8 Å². The summed E-state index contributed by atoms with van der Waals surface area (Å²) in [6.45, 7) is 2.74. The highest BCUT2D eigenvalue weighted by molar-refractivity contribution is 9.10. The maximum absolute atomic E-state index is 12.5. The van der Waals surface area contributed by atoms with Gasteiger partial charge in [0, 0.05) is 60.5 Å². The van der Waals surface area contributed by atoms with E-state index in [1.807, 2.05) is 11.0 Å². The van der Waals surface area contributed by atoms with Gasteiger partial charge in [-0.1, -0.05) is 0 Å². The molecule has 24 heavy (non-hydrogen) atoms. The van der Waals surface area contributed by atoms with E-state index in [0.717, 1.165) is 59.2 Å². The highest BCUT2D eigenvalue weighted by atomic mass is 79.9. The Morgan fingerprint density at radius 1 is 1.33 bits per heavy atom. The largest absolute Gasteiger partial charge is 0.381 e. The summed E-state index contributed by atoms with van der Waals surface area (Å²) in [4.78, 5) is 23.4. The van der Waals surface area contributed by atoms with Crippen LogP contribution in [0.1, 0.15) is 24.1 Å². The molecule has 2 aliphatic heterocycles. The molecule has 0 bridgehead atoms. The second-order valence-electron chi connectivity index (χ2n) is 6.30. The summed E-state index contributed by atoms with van der Waals surface area (Å²) in [6.07, 6.45) is 4.31. The standard InChI is InChI=1S/C17H19BrN4O2/c18-13-8-11-7-12-10-22(4-1-15(12)21-16(11)19-9-13)17(23)20-14-2-5-24-6-3-14/h7-9,14H,1-6,10H2,(H,20,23). The zero-order valence-corrected chi connectivity index (χ0v) is 14.9. The first kappa shape index (κ1) is 15.8. The molecule has 126 valence electrons. The van der Waals surface area contributed by atoms with E-state index in [1.165, 1.54) is 0 Å². The Hall–Kier alpha value is -1.73. The number of halogens is 1. The first-order chi connectivity index (χ1) is 11.7. The van der Waals surface area contributed by atoms with E-state index in [0.29, 0.717) is 13.1 Å². The molecule has 4 heterocycles. The summed E-state index contributed by atoms with van der Waals surface area (Å²) >= 11 is 3.44.